The molecule has 0 aliphatic carbocycles. The van der Waals surface area contributed by atoms with Crippen LogP contribution in [0, 0.1) is 0 Å². The molecule has 1 N–H and O–H groups in total. The van der Waals surface area contributed by atoms with Gasteiger partial charge in [-0.2, -0.15) is 0 Å². The number of benzene rings is 3. The summed E-state index contributed by atoms with van der Waals surface area (Å²) in [5.41, 5.74) is 2.61. The van der Waals surface area contributed by atoms with Gasteiger partial charge in [0.05, 0.1) is 16.6 Å². The number of aromatic hydroxyl groups is 1. The maximum absolute atomic E-state index is 9.85. The highest BCUT2D eigenvalue weighted by Gasteiger charge is 2.06. The lowest BCUT2D eigenvalue weighted by atomic mass is 10.2. The summed E-state index contributed by atoms with van der Waals surface area (Å²) in [5, 5.41) is 9.85. The fourth-order valence-corrected chi connectivity index (χ4v) is 2.35. The van der Waals surface area contributed by atoms with E-state index in [0.29, 0.717) is 16.8 Å². The molecule has 1 aromatic heterocycles. The van der Waals surface area contributed by atoms with Gasteiger partial charge in [0.25, 0.3) is 0 Å². The summed E-state index contributed by atoms with van der Waals surface area (Å²) < 4.78 is 5.81. The molecule has 4 rings (SSSR count). The smallest absolute Gasteiger partial charge is 0.143 e. The van der Waals surface area contributed by atoms with E-state index in [1.54, 1.807) is 12.1 Å². The zero-order valence-corrected chi connectivity index (χ0v) is 11.6. The molecular weight excluding hydrogens is 276 g/mol. The average Bonchev–Trinajstić information content (AvgIpc) is 2.55. The van der Waals surface area contributed by atoms with Crippen molar-refractivity contribution in [2.45, 2.75) is 0 Å². The van der Waals surface area contributed by atoms with E-state index < -0.39 is 0 Å². The largest absolute Gasteiger partial charge is 0.506 e. The molecule has 0 aliphatic heterocycles. The second kappa shape index (κ2) is 5.00. The minimum absolute atomic E-state index is 0.136. The molecule has 106 valence electrons. The van der Waals surface area contributed by atoms with Gasteiger partial charge in [-0.1, -0.05) is 24.3 Å². The molecule has 3 aromatic carbocycles. The second-order valence-electron chi connectivity index (χ2n) is 4.93. The van der Waals surface area contributed by atoms with Crippen LogP contribution in [0.4, 0.5) is 0 Å². The predicted octanol–water partition coefficient (Wildman–Crippen LogP) is 4.28. The Morgan fingerprint density at radius 2 is 1.55 bits per heavy atom. The van der Waals surface area contributed by atoms with Crippen LogP contribution in [-0.2, 0) is 0 Å². The van der Waals surface area contributed by atoms with Crippen molar-refractivity contribution < 1.29 is 9.84 Å². The first-order valence-corrected chi connectivity index (χ1v) is 6.92. The first kappa shape index (κ1) is 12.6. The quantitative estimate of drug-likeness (QED) is 0.559. The lowest BCUT2D eigenvalue weighted by Crippen LogP contribution is -1.89. The number of para-hydroxylation sites is 2. The Labute approximate surface area is 126 Å². The standard InChI is InChI=1S/C18H12N2O2/c21-17-8-4-7-15-18(17)20-14-10-9-13(11-16(14)19-15)22-12-5-2-1-3-6-12/h1-11,21H. The Kier molecular flexibility index (Phi) is 2.86. The maximum Gasteiger partial charge on any atom is 0.143 e. The van der Waals surface area contributed by atoms with E-state index in [4.69, 9.17) is 4.74 Å². The van der Waals surface area contributed by atoms with Crippen LogP contribution in [0.2, 0.25) is 0 Å². The summed E-state index contributed by atoms with van der Waals surface area (Å²) in [6.07, 6.45) is 0. The average molecular weight is 288 g/mol. The van der Waals surface area contributed by atoms with Crippen LogP contribution in [0.25, 0.3) is 22.1 Å². The first-order chi connectivity index (χ1) is 10.8. The second-order valence-corrected chi connectivity index (χ2v) is 4.93. The van der Waals surface area contributed by atoms with Gasteiger partial charge in [-0.25, -0.2) is 9.97 Å². The van der Waals surface area contributed by atoms with Gasteiger partial charge < -0.3 is 9.84 Å². The number of phenolic OH excluding ortho intramolecular Hbond substituents is 1. The van der Waals surface area contributed by atoms with Crippen LogP contribution in [-0.4, -0.2) is 15.1 Å². The monoisotopic (exact) mass is 288 g/mol. The number of hydrogen-bond acceptors (Lipinski definition) is 4. The summed E-state index contributed by atoms with van der Waals surface area (Å²) in [7, 11) is 0. The van der Waals surface area contributed by atoms with Crippen LogP contribution >= 0.6 is 0 Å². The Hall–Kier alpha value is -3.14. The minimum Gasteiger partial charge on any atom is -0.506 e. The van der Waals surface area contributed by atoms with Gasteiger partial charge in [-0.15, -0.1) is 0 Å². The molecule has 22 heavy (non-hydrogen) atoms. The minimum atomic E-state index is 0.136. The van der Waals surface area contributed by atoms with Crippen molar-refractivity contribution in [2.75, 3.05) is 0 Å². The number of hydrogen-bond donors (Lipinski definition) is 1. The molecule has 0 saturated heterocycles. The van der Waals surface area contributed by atoms with Crippen molar-refractivity contribution in [3.63, 3.8) is 0 Å². The molecule has 4 nitrogen and oxygen atoms in total. The predicted molar refractivity (Wildman–Crippen MR) is 85.2 cm³/mol. The van der Waals surface area contributed by atoms with E-state index in [2.05, 4.69) is 9.97 Å². The molecule has 1 heterocycles. The zero-order chi connectivity index (χ0) is 14.9. The van der Waals surface area contributed by atoms with Crippen LogP contribution in [0.3, 0.4) is 0 Å². The van der Waals surface area contributed by atoms with Gasteiger partial charge in [0.2, 0.25) is 0 Å². The van der Waals surface area contributed by atoms with Crippen molar-refractivity contribution in [1.82, 2.24) is 9.97 Å². The zero-order valence-electron chi connectivity index (χ0n) is 11.6. The Morgan fingerprint density at radius 1 is 0.682 bits per heavy atom. The van der Waals surface area contributed by atoms with Crippen molar-refractivity contribution in [3.05, 3.63) is 66.7 Å². The van der Waals surface area contributed by atoms with E-state index in [9.17, 15) is 5.11 Å². The van der Waals surface area contributed by atoms with E-state index in [1.165, 1.54) is 0 Å². The molecule has 0 unspecified atom stereocenters. The number of aromatic nitrogens is 2. The molecule has 0 aliphatic rings. The van der Waals surface area contributed by atoms with Crippen molar-refractivity contribution in [1.29, 1.82) is 0 Å². The van der Waals surface area contributed by atoms with Crippen LogP contribution in [0.15, 0.2) is 66.7 Å². The highest BCUT2D eigenvalue weighted by molar-refractivity contribution is 5.89. The SMILES string of the molecule is Oc1cccc2nc3cc(Oc4ccccc4)ccc3nc12. The van der Waals surface area contributed by atoms with Gasteiger partial charge in [-0.05, 0) is 36.4 Å². The summed E-state index contributed by atoms with van der Waals surface area (Å²) in [5.74, 6) is 1.61. The van der Waals surface area contributed by atoms with Gasteiger partial charge in [0, 0.05) is 6.07 Å². The van der Waals surface area contributed by atoms with Crippen LogP contribution < -0.4 is 4.74 Å². The third-order valence-corrected chi connectivity index (χ3v) is 3.39. The lowest BCUT2D eigenvalue weighted by molar-refractivity contribution is 0.480. The van der Waals surface area contributed by atoms with Crippen molar-refractivity contribution >= 4 is 22.1 Å². The van der Waals surface area contributed by atoms with E-state index in [1.807, 2.05) is 54.6 Å². The van der Waals surface area contributed by atoms with E-state index in [0.717, 1.165) is 16.8 Å². The summed E-state index contributed by atoms with van der Waals surface area (Å²) in [4.78, 5) is 9.00. The molecule has 4 heteroatoms. The van der Waals surface area contributed by atoms with Gasteiger partial charge in [-0.3, -0.25) is 0 Å². The molecule has 0 fully saturated rings. The number of phenols is 1. The van der Waals surface area contributed by atoms with Gasteiger partial charge in [0.1, 0.15) is 22.8 Å². The fraction of sp³-hybridized carbons (Fsp3) is 0. The molecule has 4 aromatic rings. The molecule has 0 bridgehead atoms. The van der Waals surface area contributed by atoms with Crippen molar-refractivity contribution in [2.24, 2.45) is 0 Å². The number of fused-ring (bicyclic) bond motifs is 2. The fourth-order valence-electron chi connectivity index (χ4n) is 2.35. The lowest BCUT2D eigenvalue weighted by Gasteiger charge is -2.07. The molecule has 0 saturated carbocycles. The topological polar surface area (TPSA) is 55.2 Å². The number of nitrogens with zero attached hydrogens (tertiary/aromatic N) is 2. The van der Waals surface area contributed by atoms with E-state index in [-0.39, 0.29) is 5.75 Å². The highest BCUT2D eigenvalue weighted by atomic mass is 16.5. The van der Waals surface area contributed by atoms with Gasteiger partial charge in [0.15, 0.2) is 0 Å². The maximum atomic E-state index is 9.85. The third kappa shape index (κ3) is 2.20. The number of ether oxygens (including phenoxy) is 1. The third-order valence-electron chi connectivity index (χ3n) is 3.39. The summed E-state index contributed by atoms with van der Waals surface area (Å²) >= 11 is 0. The summed E-state index contributed by atoms with van der Waals surface area (Å²) in [6, 6.07) is 20.3. The van der Waals surface area contributed by atoms with Crippen molar-refractivity contribution in [3.8, 4) is 17.2 Å². The molecule has 0 amide bonds. The number of rotatable bonds is 2. The Balaban J connectivity index is 1.82. The van der Waals surface area contributed by atoms with Gasteiger partial charge >= 0.3 is 0 Å². The molecule has 0 radical (unpaired) electrons. The summed E-state index contributed by atoms with van der Waals surface area (Å²) in [6.45, 7) is 0. The highest BCUT2D eigenvalue weighted by Crippen LogP contribution is 2.27. The first-order valence-electron chi connectivity index (χ1n) is 6.92. The normalized spacial score (nSPS) is 10.9. The molecule has 0 spiro atoms. The Bertz CT molecular complexity index is 968. The Morgan fingerprint density at radius 3 is 2.41 bits per heavy atom. The van der Waals surface area contributed by atoms with Crippen LogP contribution in [0.1, 0.15) is 0 Å². The molecular formula is C18H12N2O2. The molecule has 0 atom stereocenters. The van der Waals surface area contributed by atoms with E-state index >= 15 is 0 Å². The van der Waals surface area contributed by atoms with Crippen LogP contribution in [0.5, 0.6) is 17.2 Å².